The lowest BCUT2D eigenvalue weighted by molar-refractivity contribution is -0.121. The molecule has 0 unspecified atom stereocenters. The summed E-state index contributed by atoms with van der Waals surface area (Å²) in [5, 5.41) is 4.55. The molecule has 0 aliphatic rings. The van der Waals surface area contributed by atoms with E-state index in [-0.39, 0.29) is 5.91 Å². The molecule has 2 aromatic rings. The van der Waals surface area contributed by atoms with Gasteiger partial charge in [0.1, 0.15) is 5.75 Å². The first kappa shape index (κ1) is 23.6. The molecule has 1 N–H and O–H groups in total. The van der Waals surface area contributed by atoms with E-state index in [1.165, 1.54) is 38.3 Å². The highest BCUT2D eigenvalue weighted by Gasteiger charge is 2.10. The Bertz CT molecular complexity index is 835. The number of hydrogen-bond donors (Lipinski definition) is 1. The maximum Gasteiger partial charge on any atom is 0.343 e. The average Bonchev–Trinajstić information content (AvgIpc) is 2.74. The van der Waals surface area contributed by atoms with Crippen molar-refractivity contribution >= 4 is 29.7 Å². The van der Waals surface area contributed by atoms with Crippen LogP contribution in [0.2, 0.25) is 5.02 Å². The van der Waals surface area contributed by atoms with Gasteiger partial charge in [0.2, 0.25) is 5.91 Å². The molecule has 0 fully saturated rings. The van der Waals surface area contributed by atoms with E-state index >= 15 is 0 Å². The van der Waals surface area contributed by atoms with Gasteiger partial charge in [0.15, 0.2) is 0 Å². The SMILES string of the molecule is CCCCCCCCCC(=O)NN=Cc1ccccc1OC(=O)c1ccc(Cl)cc1. The molecule has 0 aromatic heterocycles. The van der Waals surface area contributed by atoms with Crippen LogP contribution in [0, 0.1) is 0 Å². The van der Waals surface area contributed by atoms with Gasteiger partial charge in [-0.3, -0.25) is 4.79 Å². The van der Waals surface area contributed by atoms with Crippen molar-refractivity contribution in [2.45, 2.75) is 58.3 Å². The van der Waals surface area contributed by atoms with Crippen molar-refractivity contribution in [3.63, 3.8) is 0 Å². The first-order valence-corrected chi connectivity index (χ1v) is 10.9. The molecular weight excluding hydrogens is 400 g/mol. The summed E-state index contributed by atoms with van der Waals surface area (Å²) in [7, 11) is 0. The average molecular weight is 429 g/mol. The number of benzene rings is 2. The van der Waals surface area contributed by atoms with E-state index in [4.69, 9.17) is 16.3 Å². The van der Waals surface area contributed by atoms with Gasteiger partial charge in [0.05, 0.1) is 11.8 Å². The third kappa shape index (κ3) is 8.78. The highest BCUT2D eigenvalue weighted by molar-refractivity contribution is 6.30. The third-order valence-electron chi connectivity index (χ3n) is 4.60. The zero-order chi connectivity index (χ0) is 21.6. The fourth-order valence-electron chi connectivity index (χ4n) is 2.90. The molecule has 0 heterocycles. The zero-order valence-corrected chi connectivity index (χ0v) is 18.2. The maximum atomic E-state index is 12.3. The molecule has 160 valence electrons. The number of para-hydroxylation sites is 1. The Morgan fingerprint density at radius 1 is 0.967 bits per heavy atom. The van der Waals surface area contributed by atoms with E-state index in [2.05, 4.69) is 17.5 Å². The predicted octanol–water partition coefficient (Wildman–Crippen LogP) is 6.15. The number of nitrogens with one attached hydrogen (secondary N) is 1. The minimum atomic E-state index is -0.490. The van der Waals surface area contributed by atoms with E-state index in [9.17, 15) is 9.59 Å². The van der Waals surface area contributed by atoms with Crippen LogP contribution in [0.5, 0.6) is 5.75 Å². The van der Waals surface area contributed by atoms with Crippen LogP contribution in [0.25, 0.3) is 0 Å². The lowest BCUT2D eigenvalue weighted by Crippen LogP contribution is -2.17. The van der Waals surface area contributed by atoms with Crippen molar-refractivity contribution in [2.24, 2.45) is 5.10 Å². The van der Waals surface area contributed by atoms with E-state index in [0.29, 0.717) is 28.3 Å². The molecule has 0 saturated heterocycles. The van der Waals surface area contributed by atoms with Gasteiger partial charge < -0.3 is 4.74 Å². The van der Waals surface area contributed by atoms with Crippen molar-refractivity contribution in [3.05, 3.63) is 64.7 Å². The molecule has 0 radical (unpaired) electrons. The number of halogens is 1. The summed E-state index contributed by atoms with van der Waals surface area (Å²) in [5.41, 5.74) is 3.53. The summed E-state index contributed by atoms with van der Waals surface area (Å²) in [6.45, 7) is 2.20. The van der Waals surface area contributed by atoms with Gasteiger partial charge in [-0.1, -0.05) is 69.2 Å². The summed E-state index contributed by atoms with van der Waals surface area (Å²) in [6.07, 6.45) is 10.1. The second kappa shape index (κ2) is 13.5. The molecule has 0 aliphatic carbocycles. The van der Waals surface area contributed by atoms with Gasteiger partial charge in [-0.25, -0.2) is 10.2 Å². The van der Waals surface area contributed by atoms with Gasteiger partial charge in [-0.15, -0.1) is 0 Å². The number of carbonyl (C=O) groups is 2. The number of rotatable bonds is 12. The zero-order valence-electron chi connectivity index (χ0n) is 17.4. The van der Waals surface area contributed by atoms with Crippen LogP contribution in [0.15, 0.2) is 53.6 Å². The molecule has 5 nitrogen and oxygen atoms in total. The number of unbranched alkanes of at least 4 members (excludes halogenated alkanes) is 6. The highest BCUT2D eigenvalue weighted by atomic mass is 35.5. The molecule has 0 bridgehead atoms. The molecule has 0 saturated carbocycles. The first-order chi connectivity index (χ1) is 14.6. The highest BCUT2D eigenvalue weighted by Crippen LogP contribution is 2.18. The van der Waals surface area contributed by atoms with Gasteiger partial charge in [-0.05, 0) is 42.8 Å². The second-order valence-electron chi connectivity index (χ2n) is 7.10. The Balaban J connectivity index is 1.79. The van der Waals surface area contributed by atoms with Crippen LogP contribution in [0.1, 0.15) is 74.2 Å². The lowest BCUT2D eigenvalue weighted by atomic mass is 10.1. The number of amides is 1. The van der Waals surface area contributed by atoms with Crippen molar-refractivity contribution in [3.8, 4) is 5.75 Å². The van der Waals surface area contributed by atoms with E-state index in [0.717, 1.165) is 12.8 Å². The third-order valence-corrected chi connectivity index (χ3v) is 4.85. The van der Waals surface area contributed by atoms with Crippen LogP contribution < -0.4 is 10.2 Å². The molecule has 30 heavy (non-hydrogen) atoms. The van der Waals surface area contributed by atoms with Crippen molar-refractivity contribution in [1.82, 2.24) is 5.43 Å². The molecule has 1 amide bonds. The fraction of sp³-hybridized carbons (Fsp3) is 0.375. The molecule has 6 heteroatoms. The van der Waals surface area contributed by atoms with E-state index in [1.807, 2.05) is 0 Å². The molecular formula is C24H29ClN2O3. The summed E-state index contributed by atoms with van der Waals surface area (Å²) in [5.74, 6) is -0.242. The Hall–Kier alpha value is -2.66. The molecule has 0 spiro atoms. The standard InChI is InChI=1S/C24H29ClN2O3/c1-2-3-4-5-6-7-8-13-23(28)27-26-18-20-11-9-10-12-22(20)30-24(29)19-14-16-21(25)17-15-19/h9-12,14-18H,2-8,13H2,1H3,(H,27,28). The molecule has 0 aliphatic heterocycles. The van der Waals surface area contributed by atoms with E-state index in [1.54, 1.807) is 48.5 Å². The molecule has 0 atom stereocenters. The normalized spacial score (nSPS) is 10.9. The number of ether oxygens (including phenoxy) is 1. The number of nitrogens with zero attached hydrogens (tertiary/aromatic N) is 1. The van der Waals surface area contributed by atoms with Gasteiger partial charge in [0, 0.05) is 17.0 Å². The molecule has 2 aromatic carbocycles. The van der Waals surface area contributed by atoms with Crippen molar-refractivity contribution in [2.75, 3.05) is 0 Å². The lowest BCUT2D eigenvalue weighted by Gasteiger charge is -2.07. The first-order valence-electron chi connectivity index (χ1n) is 10.5. The largest absolute Gasteiger partial charge is 0.422 e. The minimum Gasteiger partial charge on any atom is -0.422 e. The Labute approximate surface area is 183 Å². The predicted molar refractivity (Wildman–Crippen MR) is 121 cm³/mol. The Morgan fingerprint density at radius 3 is 2.37 bits per heavy atom. The maximum absolute atomic E-state index is 12.3. The van der Waals surface area contributed by atoms with Crippen LogP contribution in [0.4, 0.5) is 0 Å². The number of hydrazone groups is 1. The number of hydrogen-bond acceptors (Lipinski definition) is 4. The monoisotopic (exact) mass is 428 g/mol. The smallest absolute Gasteiger partial charge is 0.343 e. The van der Waals surface area contributed by atoms with Crippen LogP contribution in [-0.4, -0.2) is 18.1 Å². The fourth-order valence-corrected chi connectivity index (χ4v) is 3.02. The van der Waals surface area contributed by atoms with Crippen LogP contribution in [0.3, 0.4) is 0 Å². The molecule has 2 rings (SSSR count). The summed E-state index contributed by atoms with van der Waals surface area (Å²) >= 11 is 5.85. The van der Waals surface area contributed by atoms with Gasteiger partial charge >= 0.3 is 5.97 Å². The van der Waals surface area contributed by atoms with Crippen LogP contribution in [-0.2, 0) is 4.79 Å². The van der Waals surface area contributed by atoms with E-state index < -0.39 is 5.97 Å². The summed E-state index contributed by atoms with van der Waals surface area (Å²) in [4.78, 5) is 24.2. The number of carbonyl (C=O) groups excluding carboxylic acids is 2. The van der Waals surface area contributed by atoms with Gasteiger partial charge in [0.25, 0.3) is 0 Å². The van der Waals surface area contributed by atoms with Gasteiger partial charge in [-0.2, -0.15) is 5.10 Å². The van der Waals surface area contributed by atoms with Crippen LogP contribution >= 0.6 is 11.6 Å². The Kier molecular flexibility index (Phi) is 10.7. The summed E-state index contributed by atoms with van der Waals surface area (Å²) in [6, 6.07) is 13.5. The van der Waals surface area contributed by atoms with Crippen molar-refractivity contribution in [1.29, 1.82) is 0 Å². The minimum absolute atomic E-state index is 0.115. The number of esters is 1. The Morgan fingerprint density at radius 2 is 1.63 bits per heavy atom. The second-order valence-corrected chi connectivity index (χ2v) is 7.54. The topological polar surface area (TPSA) is 67.8 Å². The summed E-state index contributed by atoms with van der Waals surface area (Å²) < 4.78 is 5.46. The van der Waals surface area contributed by atoms with Crippen molar-refractivity contribution < 1.29 is 14.3 Å². The quantitative estimate of drug-likeness (QED) is 0.145.